The molecule has 0 radical (unpaired) electrons. The van der Waals surface area contributed by atoms with Crippen LogP contribution in [0, 0.1) is 19.8 Å². The average Bonchev–Trinajstić information content (AvgIpc) is 3.24. The Morgan fingerprint density at radius 3 is 2.54 bits per heavy atom. The van der Waals surface area contributed by atoms with Crippen LogP contribution in [0.2, 0.25) is 0 Å². The topological polar surface area (TPSA) is 49.3 Å². The summed E-state index contributed by atoms with van der Waals surface area (Å²) in [5, 5.41) is 1.19. The van der Waals surface area contributed by atoms with E-state index >= 15 is 0 Å². The molecule has 24 heavy (non-hydrogen) atoms. The summed E-state index contributed by atoms with van der Waals surface area (Å²) in [6.07, 6.45) is 6.26. The molecule has 6 heteroatoms. The third-order valence-corrected chi connectivity index (χ3v) is 6.66. The SMILES string of the molecule is Cc1sc2ncnc(N3CCN(C(=O)C4CCCC4)CC3)c2c1C. The largest absolute Gasteiger partial charge is 0.352 e. The summed E-state index contributed by atoms with van der Waals surface area (Å²) in [5.74, 6) is 1.70. The summed E-state index contributed by atoms with van der Waals surface area (Å²) in [6.45, 7) is 7.63. The quantitative estimate of drug-likeness (QED) is 0.840. The fourth-order valence-corrected chi connectivity index (χ4v) is 4.96. The van der Waals surface area contributed by atoms with Crippen molar-refractivity contribution in [3.8, 4) is 0 Å². The lowest BCUT2D eigenvalue weighted by Gasteiger charge is -2.36. The van der Waals surface area contributed by atoms with Crippen LogP contribution in [0.15, 0.2) is 6.33 Å². The molecule has 1 saturated carbocycles. The number of amides is 1. The van der Waals surface area contributed by atoms with Gasteiger partial charge in [0.05, 0.1) is 5.39 Å². The van der Waals surface area contributed by atoms with Crippen molar-refractivity contribution < 1.29 is 4.79 Å². The molecule has 0 aromatic carbocycles. The fourth-order valence-electron chi connectivity index (χ4n) is 3.97. The van der Waals surface area contributed by atoms with E-state index in [1.807, 2.05) is 0 Å². The fraction of sp³-hybridized carbons (Fsp3) is 0.611. The summed E-state index contributed by atoms with van der Waals surface area (Å²) < 4.78 is 0. The van der Waals surface area contributed by atoms with Crippen LogP contribution in [0.1, 0.15) is 36.1 Å². The van der Waals surface area contributed by atoms with Gasteiger partial charge in [-0.3, -0.25) is 4.79 Å². The Kier molecular flexibility index (Phi) is 4.16. The highest BCUT2D eigenvalue weighted by Gasteiger charge is 2.30. The molecule has 0 N–H and O–H groups in total. The zero-order chi connectivity index (χ0) is 16.7. The molecule has 4 rings (SSSR count). The van der Waals surface area contributed by atoms with Crippen LogP contribution in [-0.2, 0) is 4.79 Å². The normalized spacial score (nSPS) is 19.4. The highest BCUT2D eigenvalue weighted by molar-refractivity contribution is 7.18. The maximum Gasteiger partial charge on any atom is 0.225 e. The number of hydrogen-bond donors (Lipinski definition) is 0. The second kappa shape index (κ2) is 6.31. The van der Waals surface area contributed by atoms with Crippen LogP contribution in [0.5, 0.6) is 0 Å². The first-order valence-electron chi connectivity index (χ1n) is 8.89. The van der Waals surface area contributed by atoms with Gasteiger partial charge in [0.15, 0.2) is 0 Å². The Balaban J connectivity index is 1.51. The van der Waals surface area contributed by atoms with E-state index in [4.69, 9.17) is 0 Å². The number of anilines is 1. The van der Waals surface area contributed by atoms with E-state index in [0.29, 0.717) is 5.91 Å². The van der Waals surface area contributed by atoms with Crippen molar-refractivity contribution in [2.75, 3.05) is 31.1 Å². The predicted molar refractivity (Wildman–Crippen MR) is 97.6 cm³/mol. The molecule has 2 fully saturated rings. The second-order valence-corrected chi connectivity index (χ2v) is 8.16. The van der Waals surface area contributed by atoms with Crippen molar-refractivity contribution in [3.05, 3.63) is 16.8 Å². The molecule has 1 aliphatic carbocycles. The molecule has 0 bridgehead atoms. The molecule has 0 spiro atoms. The highest BCUT2D eigenvalue weighted by atomic mass is 32.1. The van der Waals surface area contributed by atoms with E-state index in [0.717, 1.165) is 49.7 Å². The molecule has 0 atom stereocenters. The minimum absolute atomic E-state index is 0.282. The van der Waals surface area contributed by atoms with Crippen molar-refractivity contribution in [1.82, 2.24) is 14.9 Å². The van der Waals surface area contributed by atoms with Crippen molar-refractivity contribution >= 4 is 33.3 Å². The lowest BCUT2D eigenvalue weighted by atomic mass is 10.1. The first-order valence-corrected chi connectivity index (χ1v) is 9.71. The van der Waals surface area contributed by atoms with Crippen LogP contribution in [-0.4, -0.2) is 47.0 Å². The van der Waals surface area contributed by atoms with Crippen LogP contribution in [0.3, 0.4) is 0 Å². The van der Waals surface area contributed by atoms with E-state index in [1.54, 1.807) is 17.7 Å². The Morgan fingerprint density at radius 2 is 1.83 bits per heavy atom. The molecule has 2 aromatic rings. The van der Waals surface area contributed by atoms with Crippen LogP contribution in [0.25, 0.3) is 10.2 Å². The zero-order valence-corrected chi connectivity index (χ0v) is 15.2. The molecule has 1 amide bonds. The van der Waals surface area contributed by atoms with Gasteiger partial charge in [-0.05, 0) is 32.3 Å². The number of thiophene rings is 1. The van der Waals surface area contributed by atoms with Gasteiger partial charge in [-0.15, -0.1) is 11.3 Å². The number of carbonyl (C=O) groups excluding carboxylic acids is 1. The Hall–Kier alpha value is -1.69. The zero-order valence-electron chi connectivity index (χ0n) is 14.4. The summed E-state index contributed by atoms with van der Waals surface area (Å²) in [7, 11) is 0. The van der Waals surface area contributed by atoms with E-state index < -0.39 is 0 Å². The molecular formula is C18H24N4OS. The average molecular weight is 344 g/mol. The van der Waals surface area contributed by atoms with Crippen LogP contribution >= 0.6 is 11.3 Å². The lowest BCUT2D eigenvalue weighted by Crippen LogP contribution is -2.50. The molecule has 3 heterocycles. The minimum atomic E-state index is 0.282. The molecule has 128 valence electrons. The number of carbonyl (C=O) groups is 1. The van der Waals surface area contributed by atoms with E-state index in [2.05, 4.69) is 33.6 Å². The van der Waals surface area contributed by atoms with Crippen LogP contribution in [0.4, 0.5) is 5.82 Å². The molecular weight excluding hydrogens is 320 g/mol. The number of aryl methyl sites for hydroxylation is 2. The lowest BCUT2D eigenvalue weighted by molar-refractivity contribution is -0.135. The number of hydrogen-bond acceptors (Lipinski definition) is 5. The monoisotopic (exact) mass is 344 g/mol. The molecule has 0 unspecified atom stereocenters. The summed E-state index contributed by atoms with van der Waals surface area (Å²) in [4.78, 5) is 28.4. The molecule has 1 aliphatic heterocycles. The number of nitrogens with zero attached hydrogens (tertiary/aromatic N) is 4. The Bertz CT molecular complexity index is 758. The summed E-state index contributed by atoms with van der Waals surface area (Å²) in [5.41, 5.74) is 1.29. The number of rotatable bonds is 2. The van der Waals surface area contributed by atoms with Crippen molar-refractivity contribution in [2.45, 2.75) is 39.5 Å². The van der Waals surface area contributed by atoms with Gasteiger partial charge in [0.25, 0.3) is 0 Å². The second-order valence-electron chi connectivity index (χ2n) is 6.95. The van der Waals surface area contributed by atoms with E-state index in [9.17, 15) is 4.79 Å². The Morgan fingerprint density at radius 1 is 1.12 bits per heavy atom. The van der Waals surface area contributed by atoms with Crippen LogP contribution < -0.4 is 4.90 Å². The molecule has 2 aromatic heterocycles. The minimum Gasteiger partial charge on any atom is -0.352 e. The molecule has 5 nitrogen and oxygen atoms in total. The third kappa shape index (κ3) is 2.66. The van der Waals surface area contributed by atoms with E-state index in [-0.39, 0.29) is 5.92 Å². The first-order chi connectivity index (χ1) is 11.6. The first kappa shape index (κ1) is 15.8. The summed E-state index contributed by atoms with van der Waals surface area (Å²) >= 11 is 1.74. The number of aromatic nitrogens is 2. The van der Waals surface area contributed by atoms with Crippen molar-refractivity contribution in [2.24, 2.45) is 5.92 Å². The van der Waals surface area contributed by atoms with Gasteiger partial charge in [0.2, 0.25) is 5.91 Å². The maximum absolute atomic E-state index is 12.6. The standard InChI is InChI=1S/C18H24N4OS/c1-12-13(2)24-17-15(12)16(19-11-20-17)21-7-9-22(10-8-21)18(23)14-5-3-4-6-14/h11,14H,3-10H2,1-2H3. The van der Waals surface area contributed by atoms with Gasteiger partial charge in [0.1, 0.15) is 17.0 Å². The van der Waals surface area contributed by atoms with Crippen molar-refractivity contribution in [3.63, 3.8) is 0 Å². The Labute approximate surface area is 146 Å². The number of piperazine rings is 1. The van der Waals surface area contributed by atoms with Gasteiger partial charge in [0, 0.05) is 37.0 Å². The van der Waals surface area contributed by atoms with Gasteiger partial charge in [-0.2, -0.15) is 0 Å². The maximum atomic E-state index is 12.6. The van der Waals surface area contributed by atoms with Gasteiger partial charge < -0.3 is 9.80 Å². The smallest absolute Gasteiger partial charge is 0.225 e. The highest BCUT2D eigenvalue weighted by Crippen LogP contribution is 2.34. The predicted octanol–water partition coefficient (Wildman–Crippen LogP) is 3.15. The number of fused-ring (bicyclic) bond motifs is 1. The third-order valence-electron chi connectivity index (χ3n) is 5.54. The van der Waals surface area contributed by atoms with Gasteiger partial charge in [-0.25, -0.2) is 9.97 Å². The van der Waals surface area contributed by atoms with E-state index in [1.165, 1.54) is 28.7 Å². The molecule has 1 saturated heterocycles. The molecule has 2 aliphatic rings. The van der Waals surface area contributed by atoms with Gasteiger partial charge in [-0.1, -0.05) is 12.8 Å². The van der Waals surface area contributed by atoms with Crippen molar-refractivity contribution in [1.29, 1.82) is 0 Å². The summed E-state index contributed by atoms with van der Waals surface area (Å²) in [6, 6.07) is 0. The van der Waals surface area contributed by atoms with Gasteiger partial charge >= 0.3 is 0 Å².